The Morgan fingerprint density at radius 3 is 3.00 bits per heavy atom. The van der Waals surface area contributed by atoms with Crippen molar-refractivity contribution in [1.82, 2.24) is 10.3 Å². The van der Waals surface area contributed by atoms with Crippen LogP contribution in [-0.4, -0.2) is 10.9 Å². The summed E-state index contributed by atoms with van der Waals surface area (Å²) in [5.41, 5.74) is 1.64. The van der Waals surface area contributed by atoms with Crippen LogP contribution in [0.15, 0.2) is 36.5 Å². The molecule has 0 saturated heterocycles. The van der Waals surface area contributed by atoms with Crippen molar-refractivity contribution in [3.05, 3.63) is 57.7 Å². The lowest BCUT2D eigenvalue weighted by atomic mass is 10.1. The Hall–Kier alpha value is -2.65. The van der Waals surface area contributed by atoms with E-state index in [1.165, 1.54) is 12.1 Å². The molecule has 0 aliphatic carbocycles. The zero-order valence-corrected chi connectivity index (χ0v) is 11.6. The lowest BCUT2D eigenvalue weighted by Gasteiger charge is -2.02. The highest BCUT2D eigenvalue weighted by Gasteiger charge is 2.10. The van der Waals surface area contributed by atoms with Crippen LogP contribution < -0.4 is 5.32 Å². The van der Waals surface area contributed by atoms with E-state index in [0.717, 1.165) is 27.8 Å². The topological polar surface area (TPSA) is 68.7 Å². The molecule has 1 aromatic carbocycles. The molecule has 0 aliphatic rings. The largest absolute Gasteiger partial charge is 0.361 e. The van der Waals surface area contributed by atoms with Gasteiger partial charge in [0.25, 0.3) is 5.91 Å². The van der Waals surface area contributed by atoms with Gasteiger partial charge in [-0.3, -0.25) is 4.79 Å². The minimum atomic E-state index is -0.313. The molecule has 6 heteroatoms. The SMILES string of the molecule is N#Cc1ccc(C(=O)NCc2c[nH]c3ccc(F)cc23)s1. The molecular weight excluding hydrogens is 289 g/mol. The number of nitrogens with one attached hydrogen (secondary N) is 2. The van der Waals surface area contributed by atoms with Crippen molar-refractivity contribution in [3.8, 4) is 6.07 Å². The molecule has 0 spiro atoms. The maximum Gasteiger partial charge on any atom is 0.261 e. The third kappa shape index (κ3) is 2.64. The number of nitrogens with zero attached hydrogens (tertiary/aromatic N) is 1. The molecule has 0 radical (unpaired) electrons. The molecule has 2 aromatic heterocycles. The van der Waals surface area contributed by atoms with Crippen LogP contribution in [0.4, 0.5) is 4.39 Å². The monoisotopic (exact) mass is 299 g/mol. The summed E-state index contributed by atoms with van der Waals surface area (Å²) in [6.07, 6.45) is 1.75. The van der Waals surface area contributed by atoms with Gasteiger partial charge in [-0.05, 0) is 35.9 Å². The van der Waals surface area contributed by atoms with Crippen molar-refractivity contribution < 1.29 is 9.18 Å². The highest BCUT2D eigenvalue weighted by molar-refractivity contribution is 7.14. The molecule has 0 bridgehead atoms. The Morgan fingerprint density at radius 2 is 2.24 bits per heavy atom. The molecule has 0 atom stereocenters. The summed E-state index contributed by atoms with van der Waals surface area (Å²) < 4.78 is 13.3. The molecule has 104 valence electrons. The summed E-state index contributed by atoms with van der Waals surface area (Å²) in [5, 5.41) is 12.3. The first-order valence-electron chi connectivity index (χ1n) is 6.21. The van der Waals surface area contributed by atoms with E-state index in [2.05, 4.69) is 10.3 Å². The number of nitriles is 1. The van der Waals surface area contributed by atoms with E-state index < -0.39 is 0 Å². The number of aromatic nitrogens is 1. The van der Waals surface area contributed by atoms with Crippen molar-refractivity contribution in [3.63, 3.8) is 0 Å². The first-order chi connectivity index (χ1) is 10.2. The van der Waals surface area contributed by atoms with Crippen molar-refractivity contribution in [2.75, 3.05) is 0 Å². The first-order valence-corrected chi connectivity index (χ1v) is 7.02. The molecule has 0 fully saturated rings. The number of hydrogen-bond acceptors (Lipinski definition) is 3. The Bertz CT molecular complexity index is 859. The number of carbonyl (C=O) groups excluding carboxylic acids is 1. The molecule has 21 heavy (non-hydrogen) atoms. The predicted molar refractivity (Wildman–Crippen MR) is 78.5 cm³/mol. The van der Waals surface area contributed by atoms with Crippen LogP contribution in [0.25, 0.3) is 10.9 Å². The van der Waals surface area contributed by atoms with Crippen LogP contribution in [0.5, 0.6) is 0 Å². The third-order valence-electron chi connectivity index (χ3n) is 3.11. The summed E-state index contributed by atoms with van der Waals surface area (Å²) in [5.74, 6) is -0.557. The van der Waals surface area contributed by atoms with Crippen LogP contribution in [0.3, 0.4) is 0 Å². The molecule has 2 heterocycles. The van der Waals surface area contributed by atoms with Crippen LogP contribution in [0.2, 0.25) is 0 Å². The van der Waals surface area contributed by atoms with Crippen molar-refractivity contribution in [2.45, 2.75) is 6.54 Å². The van der Waals surface area contributed by atoms with Gasteiger partial charge in [-0.15, -0.1) is 11.3 Å². The smallest absolute Gasteiger partial charge is 0.261 e. The Kier molecular flexibility index (Phi) is 3.42. The summed E-state index contributed by atoms with van der Waals surface area (Å²) in [4.78, 5) is 16.0. The number of H-pyrrole nitrogens is 1. The van der Waals surface area contributed by atoms with Crippen molar-refractivity contribution >= 4 is 28.1 Å². The maximum absolute atomic E-state index is 13.3. The number of fused-ring (bicyclic) bond motifs is 1. The average molecular weight is 299 g/mol. The number of amides is 1. The molecule has 1 amide bonds. The van der Waals surface area contributed by atoms with Crippen LogP contribution in [0, 0.1) is 17.1 Å². The molecule has 2 N–H and O–H groups in total. The molecular formula is C15H10FN3OS. The second-order valence-corrected chi connectivity index (χ2v) is 5.55. The van der Waals surface area contributed by atoms with Gasteiger partial charge in [0.2, 0.25) is 0 Å². The predicted octanol–water partition coefficient (Wildman–Crippen LogP) is 3.17. The normalized spacial score (nSPS) is 10.5. The van der Waals surface area contributed by atoms with E-state index in [1.54, 1.807) is 24.4 Å². The number of aromatic amines is 1. The maximum atomic E-state index is 13.3. The number of benzene rings is 1. The van der Waals surface area contributed by atoms with E-state index in [9.17, 15) is 9.18 Å². The summed E-state index contributed by atoms with van der Waals surface area (Å²) in [7, 11) is 0. The zero-order chi connectivity index (χ0) is 14.8. The second kappa shape index (κ2) is 5.38. The molecule has 0 saturated carbocycles. The number of thiophene rings is 1. The van der Waals surface area contributed by atoms with Gasteiger partial charge in [0.1, 0.15) is 16.8 Å². The van der Waals surface area contributed by atoms with Crippen molar-refractivity contribution in [2.24, 2.45) is 0 Å². The standard InChI is InChI=1S/C15H10FN3OS/c16-10-1-3-13-12(5-10)9(7-18-13)8-19-15(20)14-4-2-11(6-17)21-14/h1-5,7,18H,8H2,(H,19,20). The molecule has 3 rings (SSSR count). The van der Waals surface area contributed by atoms with Gasteiger partial charge in [-0.25, -0.2) is 4.39 Å². The quantitative estimate of drug-likeness (QED) is 0.780. The van der Waals surface area contributed by atoms with E-state index in [0.29, 0.717) is 16.3 Å². The summed E-state index contributed by atoms with van der Waals surface area (Å²) >= 11 is 1.14. The van der Waals surface area contributed by atoms with Gasteiger partial charge in [0.15, 0.2) is 0 Å². The number of rotatable bonds is 3. The minimum Gasteiger partial charge on any atom is -0.361 e. The zero-order valence-electron chi connectivity index (χ0n) is 10.8. The van der Waals surface area contributed by atoms with E-state index in [-0.39, 0.29) is 11.7 Å². The Labute approximate surface area is 123 Å². The highest BCUT2D eigenvalue weighted by atomic mass is 32.1. The highest BCUT2D eigenvalue weighted by Crippen LogP contribution is 2.20. The van der Waals surface area contributed by atoms with Crippen LogP contribution >= 0.6 is 11.3 Å². The summed E-state index contributed by atoms with van der Waals surface area (Å²) in [6, 6.07) is 9.71. The lowest BCUT2D eigenvalue weighted by molar-refractivity contribution is 0.0955. The van der Waals surface area contributed by atoms with Crippen LogP contribution in [0.1, 0.15) is 20.1 Å². The fourth-order valence-electron chi connectivity index (χ4n) is 2.08. The number of halogens is 1. The molecule has 0 unspecified atom stereocenters. The van der Waals surface area contributed by atoms with Gasteiger partial charge in [-0.1, -0.05) is 0 Å². The van der Waals surface area contributed by atoms with E-state index in [1.807, 2.05) is 6.07 Å². The van der Waals surface area contributed by atoms with Gasteiger partial charge in [-0.2, -0.15) is 5.26 Å². The fraction of sp³-hybridized carbons (Fsp3) is 0.0667. The third-order valence-corrected chi connectivity index (χ3v) is 4.10. The van der Waals surface area contributed by atoms with Gasteiger partial charge >= 0.3 is 0 Å². The van der Waals surface area contributed by atoms with Gasteiger partial charge in [0.05, 0.1) is 4.88 Å². The first kappa shape index (κ1) is 13.3. The molecule has 4 nitrogen and oxygen atoms in total. The minimum absolute atomic E-state index is 0.243. The van der Waals surface area contributed by atoms with E-state index in [4.69, 9.17) is 5.26 Å². The van der Waals surface area contributed by atoms with Gasteiger partial charge in [0, 0.05) is 23.6 Å². The Morgan fingerprint density at radius 1 is 1.38 bits per heavy atom. The molecule has 3 aromatic rings. The fourth-order valence-corrected chi connectivity index (χ4v) is 2.80. The summed E-state index contributed by atoms with van der Waals surface area (Å²) in [6.45, 7) is 0.294. The van der Waals surface area contributed by atoms with Gasteiger partial charge < -0.3 is 10.3 Å². The lowest BCUT2D eigenvalue weighted by Crippen LogP contribution is -2.21. The number of carbonyl (C=O) groups is 1. The number of hydrogen-bond donors (Lipinski definition) is 2. The molecule has 0 aliphatic heterocycles. The Balaban J connectivity index is 1.76. The van der Waals surface area contributed by atoms with Crippen molar-refractivity contribution in [1.29, 1.82) is 5.26 Å². The van der Waals surface area contributed by atoms with Crippen LogP contribution in [-0.2, 0) is 6.54 Å². The second-order valence-electron chi connectivity index (χ2n) is 4.46. The average Bonchev–Trinajstić information content (AvgIpc) is 3.11. The van der Waals surface area contributed by atoms with E-state index >= 15 is 0 Å².